The molecule has 5 heteroatoms. The smallest absolute Gasteiger partial charge is 0.332 e. The zero-order chi connectivity index (χ0) is 12.3. The van der Waals surface area contributed by atoms with Crippen LogP contribution in [0.5, 0.6) is 0 Å². The molecule has 0 saturated carbocycles. The van der Waals surface area contributed by atoms with Crippen molar-refractivity contribution in [2.75, 3.05) is 14.1 Å². The number of esters is 1. The van der Waals surface area contributed by atoms with Gasteiger partial charge in [-0.15, -0.1) is 0 Å². The van der Waals surface area contributed by atoms with Crippen molar-refractivity contribution in [1.82, 2.24) is 10.6 Å². The first-order valence-corrected chi connectivity index (χ1v) is 4.36. The van der Waals surface area contributed by atoms with Crippen LogP contribution in [0, 0.1) is 0 Å². The van der Waals surface area contributed by atoms with E-state index in [2.05, 4.69) is 28.5 Å². The molecule has 0 bridgehead atoms. The average Bonchev–Trinajstić information content (AvgIpc) is 2.18. The quantitative estimate of drug-likeness (QED) is 0.398. The van der Waals surface area contributed by atoms with Crippen molar-refractivity contribution in [3.05, 3.63) is 25.3 Å². The molecular formula is C10H18N2O3. The summed E-state index contributed by atoms with van der Waals surface area (Å²) in [4.78, 5) is 21.2. The molecule has 15 heavy (non-hydrogen) atoms. The lowest BCUT2D eigenvalue weighted by atomic mass is 10.5. The van der Waals surface area contributed by atoms with Gasteiger partial charge in [-0.2, -0.15) is 0 Å². The fraction of sp³-hybridized carbons (Fsp3) is 0.400. The lowest BCUT2D eigenvalue weighted by Crippen LogP contribution is -2.34. The Morgan fingerprint density at radius 3 is 2.07 bits per heavy atom. The Labute approximate surface area is 90.2 Å². The van der Waals surface area contributed by atoms with Gasteiger partial charge in [-0.3, -0.25) is 4.79 Å². The second kappa shape index (κ2) is 10.5. The average molecular weight is 214 g/mol. The number of hydrogen-bond donors (Lipinski definition) is 2. The van der Waals surface area contributed by atoms with Crippen LogP contribution < -0.4 is 10.6 Å². The summed E-state index contributed by atoms with van der Waals surface area (Å²) in [6.07, 6.45) is 1.45. The van der Waals surface area contributed by atoms with Gasteiger partial charge in [-0.05, 0) is 27.1 Å². The Bertz CT molecular complexity index is 205. The van der Waals surface area contributed by atoms with Crippen LogP contribution in [-0.2, 0) is 14.3 Å². The fourth-order valence-electron chi connectivity index (χ4n) is 0.511. The van der Waals surface area contributed by atoms with Crippen LogP contribution >= 0.6 is 0 Å². The largest absolute Gasteiger partial charge is 0.439 e. The number of carbonyl (C=O) groups excluding carboxylic acids is 2. The number of nitrogens with one attached hydrogen (secondary N) is 2. The fourth-order valence-corrected chi connectivity index (χ4v) is 0.511. The number of amides is 1. The third-order valence-corrected chi connectivity index (χ3v) is 0.991. The van der Waals surface area contributed by atoms with Gasteiger partial charge in [0.25, 0.3) is 0 Å². The van der Waals surface area contributed by atoms with E-state index in [1.54, 1.807) is 0 Å². The van der Waals surface area contributed by atoms with Crippen molar-refractivity contribution in [3.8, 4) is 0 Å². The highest BCUT2D eigenvalue weighted by atomic mass is 16.6. The topological polar surface area (TPSA) is 67.4 Å². The van der Waals surface area contributed by atoms with Crippen molar-refractivity contribution in [2.45, 2.75) is 13.2 Å². The molecule has 86 valence electrons. The van der Waals surface area contributed by atoms with Crippen LogP contribution in [0.15, 0.2) is 25.3 Å². The molecule has 0 aliphatic carbocycles. The summed E-state index contributed by atoms with van der Waals surface area (Å²) in [6, 6.07) is 0. The van der Waals surface area contributed by atoms with E-state index in [-0.39, 0.29) is 5.91 Å². The minimum atomic E-state index is -0.666. The molecule has 0 aromatic heterocycles. The summed E-state index contributed by atoms with van der Waals surface area (Å²) < 4.78 is 4.64. The lowest BCUT2D eigenvalue weighted by molar-refractivity contribution is -0.144. The monoisotopic (exact) mass is 214 g/mol. The molecule has 0 aliphatic rings. The van der Waals surface area contributed by atoms with Crippen molar-refractivity contribution in [2.24, 2.45) is 0 Å². The second-order valence-corrected chi connectivity index (χ2v) is 2.50. The van der Waals surface area contributed by atoms with E-state index < -0.39 is 12.2 Å². The highest BCUT2D eigenvalue weighted by Gasteiger charge is 2.06. The number of hydrogen-bond acceptors (Lipinski definition) is 4. The molecule has 0 saturated heterocycles. The van der Waals surface area contributed by atoms with Crippen LogP contribution in [0.3, 0.4) is 0 Å². The van der Waals surface area contributed by atoms with Crippen LogP contribution in [0.2, 0.25) is 0 Å². The highest BCUT2D eigenvalue weighted by Crippen LogP contribution is 1.87. The molecule has 1 unspecified atom stereocenters. The van der Waals surface area contributed by atoms with Gasteiger partial charge in [-0.25, -0.2) is 4.79 Å². The molecule has 1 amide bonds. The first-order valence-electron chi connectivity index (χ1n) is 4.36. The standard InChI is InChI=1S/C8H11NO3.C2H7N/c1-4-7(10)9-6(3)12-8(11)5-2;1-3-2/h4-6H,1-2H2,3H3,(H,9,10);3H,1-2H3. The minimum absolute atomic E-state index is 0.389. The van der Waals surface area contributed by atoms with E-state index >= 15 is 0 Å². The summed E-state index contributed by atoms with van der Waals surface area (Å²) >= 11 is 0. The third kappa shape index (κ3) is 12.4. The first kappa shape index (κ1) is 15.8. The van der Waals surface area contributed by atoms with Gasteiger partial charge >= 0.3 is 5.97 Å². The van der Waals surface area contributed by atoms with Crippen molar-refractivity contribution < 1.29 is 14.3 Å². The van der Waals surface area contributed by atoms with E-state index in [1.165, 1.54) is 6.92 Å². The predicted octanol–water partition coefficient (Wildman–Crippen LogP) is 0.199. The third-order valence-electron chi connectivity index (χ3n) is 0.991. The second-order valence-electron chi connectivity index (χ2n) is 2.50. The Balaban J connectivity index is 0. The SMILES string of the molecule is C=CC(=O)NC(C)OC(=O)C=C.CNC. The zero-order valence-corrected chi connectivity index (χ0v) is 9.37. The van der Waals surface area contributed by atoms with Crippen LogP contribution in [0.4, 0.5) is 0 Å². The molecule has 0 rings (SSSR count). The maximum absolute atomic E-state index is 10.6. The van der Waals surface area contributed by atoms with Crippen molar-refractivity contribution >= 4 is 11.9 Å². The minimum Gasteiger partial charge on any atom is -0.439 e. The molecule has 5 nitrogen and oxygen atoms in total. The van der Waals surface area contributed by atoms with E-state index in [0.717, 1.165) is 12.2 Å². The van der Waals surface area contributed by atoms with Gasteiger partial charge in [0.1, 0.15) is 0 Å². The van der Waals surface area contributed by atoms with Crippen LogP contribution in [0.1, 0.15) is 6.92 Å². The van der Waals surface area contributed by atoms with E-state index in [4.69, 9.17) is 0 Å². The predicted molar refractivity (Wildman–Crippen MR) is 59.1 cm³/mol. The Hall–Kier alpha value is -1.62. The van der Waals surface area contributed by atoms with Gasteiger partial charge in [-0.1, -0.05) is 13.2 Å². The molecule has 0 spiro atoms. The number of rotatable bonds is 4. The molecule has 0 aromatic rings. The number of carbonyl (C=O) groups is 2. The summed E-state index contributed by atoms with van der Waals surface area (Å²) in [5.74, 6) is -0.966. The maximum Gasteiger partial charge on any atom is 0.332 e. The Morgan fingerprint density at radius 2 is 1.73 bits per heavy atom. The molecule has 0 aromatic carbocycles. The van der Waals surface area contributed by atoms with Crippen molar-refractivity contribution in [3.63, 3.8) is 0 Å². The molecule has 0 aliphatic heterocycles. The molecule has 0 heterocycles. The molecule has 2 N–H and O–H groups in total. The molecular weight excluding hydrogens is 196 g/mol. The summed E-state index contributed by atoms with van der Waals surface area (Å²) in [5, 5.41) is 5.10. The summed E-state index contributed by atoms with van der Waals surface area (Å²) in [6.45, 7) is 7.98. The Kier molecular flexibility index (Phi) is 11.0. The van der Waals surface area contributed by atoms with E-state index in [0.29, 0.717) is 0 Å². The zero-order valence-electron chi connectivity index (χ0n) is 9.37. The molecule has 0 radical (unpaired) electrons. The van der Waals surface area contributed by atoms with Gasteiger partial charge in [0.15, 0.2) is 6.23 Å². The summed E-state index contributed by atoms with van der Waals surface area (Å²) in [7, 11) is 3.75. The number of ether oxygens (including phenoxy) is 1. The summed E-state index contributed by atoms with van der Waals surface area (Å²) in [5.41, 5.74) is 0. The van der Waals surface area contributed by atoms with Gasteiger partial charge in [0, 0.05) is 6.08 Å². The van der Waals surface area contributed by atoms with Crippen molar-refractivity contribution in [1.29, 1.82) is 0 Å². The van der Waals surface area contributed by atoms with E-state index in [1.807, 2.05) is 14.1 Å². The van der Waals surface area contributed by atoms with Crippen LogP contribution in [-0.4, -0.2) is 32.2 Å². The lowest BCUT2D eigenvalue weighted by Gasteiger charge is -2.11. The molecule has 0 fully saturated rings. The van der Waals surface area contributed by atoms with Gasteiger partial charge < -0.3 is 15.4 Å². The van der Waals surface area contributed by atoms with E-state index in [9.17, 15) is 9.59 Å². The Morgan fingerprint density at radius 1 is 1.27 bits per heavy atom. The maximum atomic E-state index is 10.6. The molecule has 1 atom stereocenters. The highest BCUT2D eigenvalue weighted by molar-refractivity contribution is 5.87. The van der Waals surface area contributed by atoms with Gasteiger partial charge in [0.05, 0.1) is 0 Å². The van der Waals surface area contributed by atoms with Crippen LogP contribution in [0.25, 0.3) is 0 Å². The first-order chi connectivity index (χ1) is 7.01. The van der Waals surface area contributed by atoms with Gasteiger partial charge in [0.2, 0.25) is 5.91 Å². The normalized spacial score (nSPS) is 10.1.